The van der Waals surface area contributed by atoms with Crippen molar-refractivity contribution >= 4 is 21.8 Å². The number of aliphatic hydroxyl groups excluding tert-OH is 1. The molecule has 0 unspecified atom stereocenters. The molecule has 0 aliphatic heterocycles. The lowest BCUT2D eigenvalue weighted by Crippen LogP contribution is -2.52. The minimum absolute atomic E-state index is 0.0742. The van der Waals surface area contributed by atoms with Gasteiger partial charge in [0.15, 0.2) is 0 Å². The summed E-state index contributed by atoms with van der Waals surface area (Å²) in [6.45, 7) is 8.84. The molecule has 2 aromatic rings. The molecule has 10 heteroatoms. The van der Waals surface area contributed by atoms with E-state index < -0.39 is 39.3 Å². The second-order valence-electron chi connectivity index (χ2n) is 12.0. The summed E-state index contributed by atoms with van der Waals surface area (Å²) in [7, 11) is -0.398. The molecule has 2 rings (SSSR count). The van der Waals surface area contributed by atoms with Gasteiger partial charge in [-0.3, -0.25) is 0 Å². The topological polar surface area (TPSA) is 123 Å². The Hall–Kier alpha value is -3.13. The van der Waals surface area contributed by atoms with Crippen molar-refractivity contribution < 1.29 is 23.1 Å². The third-order valence-corrected chi connectivity index (χ3v) is 8.15. The summed E-state index contributed by atoms with van der Waals surface area (Å²) < 4.78 is 34.7. The second kappa shape index (κ2) is 14.0. The highest BCUT2D eigenvalue weighted by atomic mass is 32.2. The van der Waals surface area contributed by atoms with E-state index in [1.54, 1.807) is 32.9 Å². The van der Waals surface area contributed by atoms with Gasteiger partial charge in [0.25, 0.3) is 0 Å². The second-order valence-corrected chi connectivity index (χ2v) is 14.0. The van der Waals surface area contributed by atoms with Gasteiger partial charge in [0.05, 0.1) is 23.1 Å². The number of aliphatic hydroxyl groups is 1. The highest BCUT2D eigenvalue weighted by Crippen LogP contribution is 2.29. The molecule has 0 heterocycles. The van der Waals surface area contributed by atoms with Crippen LogP contribution in [-0.4, -0.2) is 68.9 Å². The Morgan fingerprint density at radius 2 is 1.73 bits per heavy atom. The first-order chi connectivity index (χ1) is 18.5. The van der Waals surface area contributed by atoms with Gasteiger partial charge in [-0.05, 0) is 62.8 Å². The van der Waals surface area contributed by atoms with Crippen LogP contribution in [0.4, 0.5) is 10.5 Å². The van der Waals surface area contributed by atoms with Crippen molar-refractivity contribution in [3.05, 3.63) is 60.2 Å². The highest BCUT2D eigenvalue weighted by molar-refractivity contribution is 7.89. The van der Waals surface area contributed by atoms with Crippen molar-refractivity contribution in [3.8, 4) is 6.07 Å². The average Bonchev–Trinajstić information content (AvgIpc) is 2.86. The molecule has 0 saturated heterocycles. The number of alkyl carbamates (subject to hydrolysis) is 1. The van der Waals surface area contributed by atoms with Gasteiger partial charge in [0.2, 0.25) is 10.0 Å². The molecule has 2 aromatic carbocycles. The standard InChI is InChI=1S/C30H44N4O5S/c1-29(2,3)39-28(36)32-26(19-23-13-9-8-10-14-23)27(35)21-34(22-30(4,5)17-12-18-31)40(37,38)25-16-11-15-24(20-25)33(6)7/h8-11,13-16,20,26-27,35H,12,17,19,21-22H2,1-7H3,(H,32,36)/t26-,27+/m0/s1. The maximum absolute atomic E-state index is 14.0. The van der Waals surface area contributed by atoms with Gasteiger partial charge in [-0.25, -0.2) is 13.2 Å². The Morgan fingerprint density at radius 3 is 2.30 bits per heavy atom. The fraction of sp³-hybridized carbons (Fsp3) is 0.533. The number of hydrogen-bond donors (Lipinski definition) is 2. The van der Waals surface area contributed by atoms with Gasteiger partial charge >= 0.3 is 6.09 Å². The lowest BCUT2D eigenvalue weighted by molar-refractivity contribution is 0.0392. The van der Waals surface area contributed by atoms with Crippen LogP contribution in [0, 0.1) is 16.7 Å². The van der Waals surface area contributed by atoms with E-state index in [0.717, 1.165) is 11.3 Å². The van der Waals surface area contributed by atoms with Crippen molar-refractivity contribution in [1.29, 1.82) is 5.26 Å². The highest BCUT2D eigenvalue weighted by Gasteiger charge is 2.35. The smallest absolute Gasteiger partial charge is 0.407 e. The van der Waals surface area contributed by atoms with Crippen LogP contribution in [0.3, 0.4) is 0 Å². The van der Waals surface area contributed by atoms with E-state index in [1.165, 1.54) is 10.4 Å². The fourth-order valence-corrected chi connectivity index (χ4v) is 5.90. The molecule has 0 aliphatic rings. The maximum Gasteiger partial charge on any atom is 0.407 e. The zero-order valence-electron chi connectivity index (χ0n) is 24.7. The minimum atomic E-state index is -4.05. The molecule has 2 atom stereocenters. The van der Waals surface area contributed by atoms with E-state index in [9.17, 15) is 18.3 Å². The van der Waals surface area contributed by atoms with Crippen molar-refractivity contribution in [2.24, 2.45) is 5.41 Å². The van der Waals surface area contributed by atoms with Crippen LogP contribution in [0.2, 0.25) is 0 Å². The Labute approximate surface area is 239 Å². The quantitative estimate of drug-likeness (QED) is 0.360. The Morgan fingerprint density at radius 1 is 1.07 bits per heavy atom. The molecule has 0 aliphatic carbocycles. The number of nitriles is 1. The lowest BCUT2D eigenvalue weighted by Gasteiger charge is -2.35. The van der Waals surface area contributed by atoms with E-state index >= 15 is 0 Å². The summed E-state index contributed by atoms with van der Waals surface area (Å²) >= 11 is 0. The largest absolute Gasteiger partial charge is 0.444 e. The third kappa shape index (κ3) is 10.5. The number of rotatable bonds is 13. The zero-order valence-corrected chi connectivity index (χ0v) is 25.5. The van der Waals surface area contributed by atoms with Crippen molar-refractivity contribution in [1.82, 2.24) is 9.62 Å². The summed E-state index contributed by atoms with van der Waals surface area (Å²) in [6, 6.07) is 17.3. The summed E-state index contributed by atoms with van der Waals surface area (Å²) in [5.74, 6) is 0. The monoisotopic (exact) mass is 572 g/mol. The van der Waals surface area contributed by atoms with Crippen LogP contribution in [0.25, 0.3) is 0 Å². The number of nitrogens with zero attached hydrogens (tertiary/aromatic N) is 3. The first kappa shape index (κ1) is 33.1. The van der Waals surface area contributed by atoms with Gasteiger partial charge in [-0.15, -0.1) is 0 Å². The van der Waals surface area contributed by atoms with Crippen LogP contribution < -0.4 is 10.2 Å². The minimum Gasteiger partial charge on any atom is -0.444 e. The molecule has 0 fully saturated rings. The Kier molecular flexibility index (Phi) is 11.6. The van der Waals surface area contributed by atoms with E-state index in [1.807, 2.05) is 69.2 Å². The van der Waals surface area contributed by atoms with Crippen LogP contribution in [0.5, 0.6) is 0 Å². The van der Waals surface area contributed by atoms with Crippen LogP contribution in [-0.2, 0) is 21.2 Å². The van der Waals surface area contributed by atoms with E-state index in [-0.39, 0.29) is 30.8 Å². The number of nitrogens with one attached hydrogen (secondary N) is 1. The molecule has 0 radical (unpaired) electrons. The first-order valence-electron chi connectivity index (χ1n) is 13.4. The van der Waals surface area contributed by atoms with E-state index in [2.05, 4.69) is 11.4 Å². The normalized spacial score (nSPS) is 13.8. The van der Waals surface area contributed by atoms with Gasteiger partial charge in [0, 0.05) is 39.3 Å². The van der Waals surface area contributed by atoms with Gasteiger partial charge < -0.3 is 20.1 Å². The molecule has 9 nitrogen and oxygen atoms in total. The Balaban J connectivity index is 2.46. The molecule has 0 aromatic heterocycles. The number of amides is 1. The zero-order chi connectivity index (χ0) is 30.1. The summed E-state index contributed by atoms with van der Waals surface area (Å²) in [4.78, 5) is 14.6. The molecule has 0 spiro atoms. The van der Waals surface area contributed by atoms with E-state index in [0.29, 0.717) is 6.42 Å². The molecule has 0 saturated carbocycles. The number of ether oxygens (including phenoxy) is 1. The lowest BCUT2D eigenvalue weighted by atomic mass is 9.88. The molecule has 1 amide bonds. The molecule has 0 bridgehead atoms. The fourth-order valence-electron chi connectivity index (χ4n) is 4.22. The molecule has 220 valence electrons. The summed E-state index contributed by atoms with van der Waals surface area (Å²) in [5, 5.41) is 23.4. The summed E-state index contributed by atoms with van der Waals surface area (Å²) in [6.07, 6.45) is -0.937. The third-order valence-electron chi connectivity index (χ3n) is 6.35. The van der Waals surface area contributed by atoms with Crippen LogP contribution >= 0.6 is 0 Å². The van der Waals surface area contributed by atoms with Crippen LogP contribution in [0.1, 0.15) is 53.0 Å². The predicted octanol–water partition coefficient (Wildman–Crippen LogP) is 4.57. The van der Waals surface area contributed by atoms with Crippen molar-refractivity contribution in [2.75, 3.05) is 32.1 Å². The summed E-state index contributed by atoms with van der Waals surface area (Å²) in [5.41, 5.74) is 0.294. The molecule has 2 N–H and O–H groups in total. The van der Waals surface area contributed by atoms with Gasteiger partial charge in [-0.1, -0.05) is 50.2 Å². The van der Waals surface area contributed by atoms with Crippen molar-refractivity contribution in [2.45, 2.75) is 76.5 Å². The maximum atomic E-state index is 14.0. The number of carbonyl (C=O) groups excluding carboxylic acids is 1. The Bertz CT molecular complexity index is 1250. The number of sulfonamides is 1. The van der Waals surface area contributed by atoms with Crippen molar-refractivity contribution in [3.63, 3.8) is 0 Å². The SMILES string of the molecule is CN(C)c1cccc(S(=O)(=O)N(C[C@@H](O)[C@H](Cc2ccccc2)NC(=O)OC(C)(C)C)CC(C)(C)CCC#N)c1. The van der Waals surface area contributed by atoms with E-state index in [4.69, 9.17) is 10.00 Å². The predicted molar refractivity (Wildman–Crippen MR) is 157 cm³/mol. The average molecular weight is 573 g/mol. The van der Waals surface area contributed by atoms with Crippen LogP contribution in [0.15, 0.2) is 59.5 Å². The number of hydrogen-bond acceptors (Lipinski definition) is 7. The molecule has 40 heavy (non-hydrogen) atoms. The molecular formula is C30H44N4O5S. The first-order valence-corrected chi connectivity index (χ1v) is 14.8. The number of anilines is 1. The van der Waals surface area contributed by atoms with Gasteiger partial charge in [-0.2, -0.15) is 9.57 Å². The van der Waals surface area contributed by atoms with Gasteiger partial charge in [0.1, 0.15) is 5.60 Å². The molecular weight excluding hydrogens is 528 g/mol. The number of benzene rings is 2. The number of carbonyl (C=O) groups is 1.